The van der Waals surface area contributed by atoms with Gasteiger partial charge in [-0.05, 0) is 42.3 Å². The van der Waals surface area contributed by atoms with E-state index in [-0.39, 0.29) is 5.82 Å². The van der Waals surface area contributed by atoms with E-state index in [1.807, 2.05) is 31.2 Å². The molecule has 0 saturated heterocycles. The zero-order valence-corrected chi connectivity index (χ0v) is 10.5. The van der Waals surface area contributed by atoms with Crippen molar-refractivity contribution >= 4 is 5.69 Å². The monoisotopic (exact) mass is 245 g/mol. The van der Waals surface area contributed by atoms with Crippen molar-refractivity contribution in [2.45, 2.75) is 13.5 Å². The van der Waals surface area contributed by atoms with Crippen LogP contribution < -0.4 is 10.1 Å². The fourth-order valence-electron chi connectivity index (χ4n) is 1.76. The van der Waals surface area contributed by atoms with Crippen LogP contribution >= 0.6 is 0 Å². The fourth-order valence-corrected chi connectivity index (χ4v) is 1.76. The summed E-state index contributed by atoms with van der Waals surface area (Å²) in [4.78, 5) is 0. The maximum absolute atomic E-state index is 13.1. The molecule has 2 nitrogen and oxygen atoms in total. The van der Waals surface area contributed by atoms with E-state index in [2.05, 4.69) is 5.32 Å². The lowest BCUT2D eigenvalue weighted by molar-refractivity contribution is 0.414. The largest absolute Gasteiger partial charge is 0.497 e. The summed E-state index contributed by atoms with van der Waals surface area (Å²) < 4.78 is 18.3. The molecule has 0 fully saturated rings. The number of anilines is 1. The second-order valence-electron chi connectivity index (χ2n) is 4.16. The number of ether oxygens (including phenoxy) is 1. The summed E-state index contributed by atoms with van der Waals surface area (Å²) in [6, 6.07) is 12.5. The molecule has 0 atom stereocenters. The molecule has 0 aliphatic heterocycles. The van der Waals surface area contributed by atoms with Crippen LogP contribution in [0.5, 0.6) is 5.75 Å². The van der Waals surface area contributed by atoms with Crippen molar-refractivity contribution in [1.82, 2.24) is 0 Å². The first kappa shape index (κ1) is 12.4. The molecule has 0 radical (unpaired) electrons. The zero-order chi connectivity index (χ0) is 13.0. The Morgan fingerprint density at radius 1 is 1.17 bits per heavy atom. The number of hydrogen-bond acceptors (Lipinski definition) is 2. The van der Waals surface area contributed by atoms with Gasteiger partial charge in [-0.15, -0.1) is 0 Å². The lowest BCUT2D eigenvalue weighted by Crippen LogP contribution is -2.01. The van der Waals surface area contributed by atoms with Gasteiger partial charge in [0.1, 0.15) is 11.6 Å². The van der Waals surface area contributed by atoms with Gasteiger partial charge in [0, 0.05) is 12.2 Å². The molecular weight excluding hydrogens is 229 g/mol. The van der Waals surface area contributed by atoms with Crippen LogP contribution in [-0.2, 0) is 6.54 Å². The number of hydrogen-bond donors (Lipinski definition) is 1. The number of nitrogens with one attached hydrogen (secondary N) is 1. The fraction of sp³-hybridized carbons (Fsp3) is 0.200. The summed E-state index contributed by atoms with van der Waals surface area (Å²) in [5, 5.41) is 3.23. The Hall–Kier alpha value is -2.03. The Labute approximate surface area is 106 Å². The molecule has 1 N–H and O–H groups in total. The second-order valence-corrected chi connectivity index (χ2v) is 4.16. The van der Waals surface area contributed by atoms with Crippen molar-refractivity contribution in [3.63, 3.8) is 0 Å². The van der Waals surface area contributed by atoms with Gasteiger partial charge in [0.15, 0.2) is 0 Å². The maximum Gasteiger partial charge on any atom is 0.125 e. The van der Waals surface area contributed by atoms with Crippen molar-refractivity contribution in [3.05, 3.63) is 59.4 Å². The molecule has 3 heteroatoms. The predicted octanol–water partition coefficient (Wildman–Crippen LogP) is 3.75. The number of benzene rings is 2. The van der Waals surface area contributed by atoms with Gasteiger partial charge in [-0.1, -0.05) is 18.2 Å². The highest BCUT2D eigenvalue weighted by Gasteiger charge is 2.01. The zero-order valence-electron chi connectivity index (χ0n) is 10.5. The summed E-state index contributed by atoms with van der Waals surface area (Å²) in [5.74, 6) is 0.596. The lowest BCUT2D eigenvalue weighted by Gasteiger charge is -2.10. The molecule has 0 aromatic heterocycles. The first-order chi connectivity index (χ1) is 8.69. The quantitative estimate of drug-likeness (QED) is 0.885. The van der Waals surface area contributed by atoms with Crippen LogP contribution in [-0.4, -0.2) is 7.11 Å². The van der Waals surface area contributed by atoms with E-state index < -0.39 is 0 Å². The van der Waals surface area contributed by atoms with E-state index in [9.17, 15) is 4.39 Å². The molecule has 2 rings (SSSR count). The average molecular weight is 245 g/mol. The van der Waals surface area contributed by atoms with Gasteiger partial charge in [0.25, 0.3) is 0 Å². The molecule has 0 bridgehead atoms. The van der Waals surface area contributed by atoms with Crippen LogP contribution in [0.1, 0.15) is 11.1 Å². The van der Waals surface area contributed by atoms with Crippen molar-refractivity contribution in [2.75, 3.05) is 12.4 Å². The summed E-state index contributed by atoms with van der Waals surface area (Å²) in [6.45, 7) is 2.59. The third-order valence-corrected chi connectivity index (χ3v) is 2.82. The van der Waals surface area contributed by atoms with Gasteiger partial charge < -0.3 is 10.1 Å². The van der Waals surface area contributed by atoms with Gasteiger partial charge in [0.2, 0.25) is 0 Å². The maximum atomic E-state index is 13.1. The predicted molar refractivity (Wildman–Crippen MR) is 71.5 cm³/mol. The highest BCUT2D eigenvalue weighted by Crippen LogP contribution is 2.18. The number of aryl methyl sites for hydroxylation is 1. The summed E-state index contributed by atoms with van der Waals surface area (Å²) in [5.41, 5.74) is 2.94. The highest BCUT2D eigenvalue weighted by molar-refractivity contribution is 5.51. The standard InChI is InChI=1S/C15H16FNO/c1-11-6-7-13(16)9-15(11)17-10-12-4-3-5-14(8-12)18-2/h3-9,17H,10H2,1-2H3. The Morgan fingerprint density at radius 3 is 2.78 bits per heavy atom. The van der Waals surface area contributed by atoms with Crippen molar-refractivity contribution < 1.29 is 9.13 Å². The topological polar surface area (TPSA) is 21.3 Å². The molecule has 18 heavy (non-hydrogen) atoms. The van der Waals surface area contributed by atoms with Crippen LogP contribution in [0.15, 0.2) is 42.5 Å². The molecule has 0 heterocycles. The number of halogens is 1. The van der Waals surface area contributed by atoms with Crippen molar-refractivity contribution in [1.29, 1.82) is 0 Å². The Balaban J connectivity index is 2.08. The lowest BCUT2D eigenvalue weighted by atomic mass is 10.1. The van der Waals surface area contributed by atoms with Gasteiger partial charge in [0.05, 0.1) is 7.11 Å². The second kappa shape index (κ2) is 5.54. The minimum atomic E-state index is -0.228. The minimum absolute atomic E-state index is 0.228. The summed E-state index contributed by atoms with van der Waals surface area (Å²) in [7, 11) is 1.64. The molecule has 0 amide bonds. The van der Waals surface area contributed by atoms with Gasteiger partial charge in [-0.2, -0.15) is 0 Å². The third-order valence-electron chi connectivity index (χ3n) is 2.82. The molecule has 0 aliphatic rings. The Morgan fingerprint density at radius 2 is 2.00 bits per heavy atom. The molecule has 2 aromatic carbocycles. The SMILES string of the molecule is COc1cccc(CNc2cc(F)ccc2C)c1. The van der Waals surface area contributed by atoms with E-state index in [0.717, 1.165) is 22.6 Å². The average Bonchev–Trinajstić information content (AvgIpc) is 2.40. The smallest absolute Gasteiger partial charge is 0.125 e. The van der Waals surface area contributed by atoms with Gasteiger partial charge in [-0.25, -0.2) is 4.39 Å². The van der Waals surface area contributed by atoms with E-state index in [1.165, 1.54) is 12.1 Å². The van der Waals surface area contributed by atoms with E-state index in [4.69, 9.17) is 4.74 Å². The molecule has 0 unspecified atom stereocenters. The van der Waals surface area contributed by atoms with E-state index >= 15 is 0 Å². The molecule has 94 valence electrons. The number of rotatable bonds is 4. The molecule has 2 aromatic rings. The molecular formula is C15H16FNO. The van der Waals surface area contributed by atoms with Gasteiger partial charge >= 0.3 is 0 Å². The first-order valence-corrected chi connectivity index (χ1v) is 5.82. The van der Waals surface area contributed by atoms with E-state index in [0.29, 0.717) is 6.54 Å². The van der Waals surface area contributed by atoms with Crippen LogP contribution in [0.2, 0.25) is 0 Å². The summed E-state index contributed by atoms with van der Waals surface area (Å²) in [6.07, 6.45) is 0. The normalized spacial score (nSPS) is 10.2. The van der Waals surface area contributed by atoms with Crippen LogP contribution in [0, 0.1) is 12.7 Å². The Kier molecular flexibility index (Phi) is 3.82. The molecule has 0 spiro atoms. The number of methoxy groups -OCH3 is 1. The highest BCUT2D eigenvalue weighted by atomic mass is 19.1. The van der Waals surface area contributed by atoms with Crippen molar-refractivity contribution in [2.24, 2.45) is 0 Å². The molecule has 0 saturated carbocycles. The third kappa shape index (κ3) is 3.00. The summed E-state index contributed by atoms with van der Waals surface area (Å²) >= 11 is 0. The van der Waals surface area contributed by atoms with Crippen LogP contribution in [0.4, 0.5) is 10.1 Å². The van der Waals surface area contributed by atoms with Crippen molar-refractivity contribution in [3.8, 4) is 5.75 Å². The van der Waals surface area contributed by atoms with Crippen LogP contribution in [0.3, 0.4) is 0 Å². The Bertz CT molecular complexity index is 540. The van der Waals surface area contributed by atoms with Crippen LogP contribution in [0.25, 0.3) is 0 Å². The van der Waals surface area contributed by atoms with E-state index in [1.54, 1.807) is 13.2 Å². The minimum Gasteiger partial charge on any atom is -0.497 e. The van der Waals surface area contributed by atoms with Gasteiger partial charge in [-0.3, -0.25) is 0 Å². The first-order valence-electron chi connectivity index (χ1n) is 5.82. The molecule has 0 aliphatic carbocycles.